The van der Waals surface area contributed by atoms with E-state index >= 15 is 0 Å². The average molecular weight is 347 g/mol. The molecule has 1 atom stereocenters. The minimum atomic E-state index is -0.465. The third-order valence-corrected chi connectivity index (χ3v) is 4.14. The maximum Gasteiger partial charge on any atom is 0.255 e. The van der Waals surface area contributed by atoms with Crippen molar-refractivity contribution >= 4 is 5.78 Å². The quantitative estimate of drug-likeness (QED) is 0.878. The molecule has 0 aliphatic heterocycles. The predicted molar refractivity (Wildman–Crippen MR) is 93.6 cm³/mol. The van der Waals surface area contributed by atoms with Crippen molar-refractivity contribution < 1.29 is 14.4 Å². The van der Waals surface area contributed by atoms with Crippen LogP contribution in [0.25, 0.3) is 11.5 Å². The lowest BCUT2D eigenvalue weighted by molar-refractivity contribution is -0.122. The van der Waals surface area contributed by atoms with Crippen LogP contribution < -0.4 is 5.56 Å². The van der Waals surface area contributed by atoms with Crippen LogP contribution in [0, 0.1) is 0 Å². The fourth-order valence-electron chi connectivity index (χ4n) is 3.09. The molecule has 0 spiro atoms. The summed E-state index contributed by atoms with van der Waals surface area (Å²) in [6.45, 7) is 6.02. The summed E-state index contributed by atoms with van der Waals surface area (Å²) in [4.78, 5) is 30.2. The number of aromatic hydroxyl groups is 1. The highest BCUT2D eigenvalue weighted by atomic mass is 16.5. The molecule has 136 valence electrons. The first-order valence-corrected chi connectivity index (χ1v) is 8.92. The van der Waals surface area contributed by atoms with Crippen LogP contribution in [-0.4, -0.2) is 26.0 Å². The molecule has 0 amide bonds. The van der Waals surface area contributed by atoms with Gasteiger partial charge in [0.15, 0.2) is 17.3 Å². The van der Waals surface area contributed by atoms with Gasteiger partial charge in [-0.1, -0.05) is 38.8 Å². The maximum absolute atomic E-state index is 12.2. The molecule has 7 nitrogen and oxygen atoms in total. The van der Waals surface area contributed by atoms with Gasteiger partial charge in [-0.3, -0.25) is 9.59 Å². The van der Waals surface area contributed by atoms with E-state index in [4.69, 9.17) is 4.52 Å². The number of Topliss-reactive ketones (excluding diaryl/α,β-unsaturated/α-hetero) is 1. The molecule has 3 rings (SSSR count). The van der Waals surface area contributed by atoms with Gasteiger partial charge in [-0.25, -0.2) is 0 Å². The number of carbonyl (C=O) groups is 1. The summed E-state index contributed by atoms with van der Waals surface area (Å²) in [5.41, 5.74) is 0.725. The molecule has 0 radical (unpaired) electrons. The Morgan fingerprint density at radius 1 is 1.32 bits per heavy atom. The monoisotopic (exact) mass is 347 g/mol. The number of aromatic nitrogens is 3. The van der Waals surface area contributed by atoms with E-state index in [1.165, 1.54) is 0 Å². The van der Waals surface area contributed by atoms with Crippen LogP contribution in [0.3, 0.4) is 0 Å². The molecule has 2 aromatic heterocycles. The fraction of sp³-hybridized carbons (Fsp3) is 0.556. The summed E-state index contributed by atoms with van der Waals surface area (Å²) in [6.07, 6.45) is 4.73. The zero-order chi connectivity index (χ0) is 18.4. The van der Waals surface area contributed by atoms with Crippen molar-refractivity contribution in [3.05, 3.63) is 27.7 Å². The lowest BCUT2D eigenvalue weighted by Gasteiger charge is -2.18. The first-order chi connectivity index (χ1) is 12.1. The van der Waals surface area contributed by atoms with Gasteiger partial charge >= 0.3 is 0 Å². The summed E-state index contributed by atoms with van der Waals surface area (Å²) in [6, 6.07) is 0.995. The van der Waals surface area contributed by atoms with E-state index in [0.717, 1.165) is 37.3 Å². The summed E-state index contributed by atoms with van der Waals surface area (Å²) in [5.74, 6) is 0.281. The third kappa shape index (κ3) is 4.15. The Morgan fingerprint density at radius 2 is 2.08 bits per heavy atom. The fourth-order valence-corrected chi connectivity index (χ4v) is 3.09. The zero-order valence-corrected chi connectivity index (χ0v) is 15.0. The lowest BCUT2D eigenvalue weighted by atomic mass is 9.84. The molecule has 0 unspecified atom stereocenters. The van der Waals surface area contributed by atoms with E-state index in [2.05, 4.69) is 15.1 Å². The van der Waals surface area contributed by atoms with Crippen LogP contribution in [0.2, 0.25) is 0 Å². The van der Waals surface area contributed by atoms with Crippen molar-refractivity contribution in [2.45, 2.75) is 65.2 Å². The average Bonchev–Trinajstić information content (AvgIpc) is 3.00. The summed E-state index contributed by atoms with van der Waals surface area (Å²) in [7, 11) is 0. The molecule has 1 fully saturated rings. The minimum Gasteiger partial charge on any atom is -0.493 e. The Hall–Kier alpha value is -2.44. The van der Waals surface area contributed by atoms with E-state index in [1.807, 2.05) is 20.8 Å². The Balaban J connectivity index is 0.00000109. The summed E-state index contributed by atoms with van der Waals surface area (Å²) < 4.78 is 5.48. The van der Waals surface area contributed by atoms with Gasteiger partial charge in [-0.2, -0.15) is 4.98 Å². The largest absolute Gasteiger partial charge is 0.493 e. The second kappa shape index (κ2) is 8.60. The van der Waals surface area contributed by atoms with Crippen molar-refractivity contribution in [1.29, 1.82) is 0 Å². The van der Waals surface area contributed by atoms with Crippen molar-refractivity contribution in [3.8, 4) is 17.4 Å². The van der Waals surface area contributed by atoms with E-state index < -0.39 is 5.56 Å². The minimum absolute atomic E-state index is 0.164. The highest BCUT2D eigenvalue weighted by molar-refractivity contribution is 5.86. The van der Waals surface area contributed by atoms with Crippen LogP contribution in [0.1, 0.15) is 70.1 Å². The van der Waals surface area contributed by atoms with Gasteiger partial charge in [0, 0.05) is 12.0 Å². The number of hydrogen-bond donors (Lipinski definition) is 2. The van der Waals surface area contributed by atoms with Crippen molar-refractivity contribution in [1.82, 2.24) is 15.1 Å². The number of rotatable bonds is 4. The van der Waals surface area contributed by atoms with Crippen molar-refractivity contribution in [2.75, 3.05) is 0 Å². The normalized spacial score (nSPS) is 17.1. The first-order valence-electron chi connectivity index (χ1n) is 8.92. The van der Waals surface area contributed by atoms with E-state index in [1.54, 1.807) is 0 Å². The third-order valence-electron chi connectivity index (χ3n) is 4.14. The van der Waals surface area contributed by atoms with Crippen molar-refractivity contribution in [2.24, 2.45) is 0 Å². The highest BCUT2D eigenvalue weighted by Gasteiger charge is 2.31. The van der Waals surface area contributed by atoms with Gasteiger partial charge in [0.2, 0.25) is 5.88 Å². The van der Waals surface area contributed by atoms with Gasteiger partial charge in [0.05, 0.1) is 12.0 Å². The molecule has 2 heterocycles. The van der Waals surface area contributed by atoms with Crippen LogP contribution >= 0.6 is 0 Å². The van der Waals surface area contributed by atoms with Gasteiger partial charge in [-0.15, -0.1) is 0 Å². The number of hydrogen-bond acceptors (Lipinski definition) is 6. The highest BCUT2D eigenvalue weighted by Crippen LogP contribution is 2.36. The lowest BCUT2D eigenvalue weighted by Crippen LogP contribution is -2.17. The molecule has 0 bridgehead atoms. The molecule has 0 saturated heterocycles. The smallest absolute Gasteiger partial charge is 0.255 e. The number of nitrogens with zero attached hydrogens (tertiary/aromatic N) is 2. The second-order valence-corrected chi connectivity index (χ2v) is 5.84. The van der Waals surface area contributed by atoms with Crippen LogP contribution in [0.5, 0.6) is 5.88 Å². The molecule has 2 aromatic rings. The zero-order valence-electron chi connectivity index (χ0n) is 15.0. The van der Waals surface area contributed by atoms with Gasteiger partial charge in [0.25, 0.3) is 5.56 Å². The Morgan fingerprint density at radius 3 is 2.72 bits per heavy atom. The SMILES string of the molecule is CC.CCCc1c(-c2nc(O)cc(=O)[nH]2)noc1[C@H]1CCCCC1=O. The number of ketones is 1. The van der Waals surface area contributed by atoms with Gasteiger partial charge in [0.1, 0.15) is 5.78 Å². The van der Waals surface area contributed by atoms with Crippen LogP contribution in [0.15, 0.2) is 15.4 Å². The van der Waals surface area contributed by atoms with Crippen molar-refractivity contribution in [3.63, 3.8) is 0 Å². The molecule has 25 heavy (non-hydrogen) atoms. The first kappa shape index (κ1) is 18.9. The van der Waals surface area contributed by atoms with Gasteiger partial charge in [-0.05, 0) is 19.3 Å². The molecule has 2 N–H and O–H groups in total. The summed E-state index contributed by atoms with van der Waals surface area (Å²) >= 11 is 0. The number of H-pyrrole nitrogens is 1. The molecule has 1 aliphatic rings. The number of nitrogens with one attached hydrogen (secondary N) is 1. The Kier molecular flexibility index (Phi) is 6.50. The Bertz CT molecular complexity index is 779. The molecular weight excluding hydrogens is 322 g/mol. The topological polar surface area (TPSA) is 109 Å². The van der Waals surface area contributed by atoms with Crippen LogP contribution in [0.4, 0.5) is 0 Å². The number of aromatic amines is 1. The second-order valence-electron chi connectivity index (χ2n) is 5.84. The standard InChI is InChI=1S/C16H19N3O4.C2H6/c1-2-5-10-14(16-17-12(21)8-13(22)18-16)19-23-15(10)9-6-3-4-7-11(9)20;1-2/h8-9H,2-7H2,1H3,(H2,17,18,21,22);1-2H3/t9-;/m0./s1. The van der Waals surface area contributed by atoms with E-state index in [0.29, 0.717) is 24.3 Å². The maximum atomic E-state index is 12.2. The van der Waals surface area contributed by atoms with E-state index in [9.17, 15) is 14.7 Å². The predicted octanol–water partition coefficient (Wildman–Crippen LogP) is 3.34. The number of carbonyl (C=O) groups excluding carboxylic acids is 1. The molecule has 1 saturated carbocycles. The molecule has 0 aromatic carbocycles. The molecular formula is C18H25N3O4. The molecule has 7 heteroatoms. The van der Waals surface area contributed by atoms with Crippen LogP contribution in [-0.2, 0) is 11.2 Å². The van der Waals surface area contributed by atoms with Gasteiger partial charge < -0.3 is 14.6 Å². The summed E-state index contributed by atoms with van der Waals surface area (Å²) in [5, 5.41) is 13.6. The van der Waals surface area contributed by atoms with E-state index in [-0.39, 0.29) is 23.4 Å². The molecule has 1 aliphatic carbocycles. The Labute approximate surface area is 146 Å².